The highest BCUT2D eigenvalue weighted by molar-refractivity contribution is 5.89. The van der Waals surface area contributed by atoms with E-state index in [1.165, 1.54) is 11.0 Å². The van der Waals surface area contributed by atoms with E-state index in [0.717, 1.165) is 16.6 Å². The smallest absolute Gasteiger partial charge is 0.417 e. The Balaban J connectivity index is 1.40. The average Bonchev–Trinajstić information content (AvgIpc) is 3.31. The fourth-order valence-corrected chi connectivity index (χ4v) is 5.72. The number of carbonyl (C=O) groups is 2. The van der Waals surface area contributed by atoms with Crippen LogP contribution in [-0.4, -0.2) is 74.7 Å². The van der Waals surface area contributed by atoms with Crippen LogP contribution in [-0.2, 0) is 9.53 Å². The molecule has 2 aliphatic heterocycles. The standard InChI is InChI=1S/C29H36N8O4/c1-7-21-15-41-29(40)37(21)28-32-19(6)31-27(34-28)30-18(5)23-12-20-11-22(9-10-24(20)33-26(23)39)35-13-16(3)36(17(4)14-35)25(38)8-2/h8-12,16-18,21H,2,7,13-15H2,1,3-6H3,(H,33,39)(H,30,31,32,34)/t16-,17+,18-,21-/m0/s1. The Labute approximate surface area is 238 Å². The molecule has 2 N–H and O–H groups in total. The summed E-state index contributed by atoms with van der Waals surface area (Å²) < 4.78 is 5.19. The highest BCUT2D eigenvalue weighted by atomic mass is 16.6. The lowest BCUT2D eigenvalue weighted by molar-refractivity contribution is -0.130. The maximum absolute atomic E-state index is 13.1. The summed E-state index contributed by atoms with van der Waals surface area (Å²) in [5.74, 6) is 0.863. The van der Waals surface area contributed by atoms with Gasteiger partial charge >= 0.3 is 6.09 Å². The first kappa shape index (κ1) is 28.1. The van der Waals surface area contributed by atoms with E-state index in [-0.39, 0.29) is 48.1 Å². The summed E-state index contributed by atoms with van der Waals surface area (Å²) in [6, 6.07) is 7.29. The number of aromatic nitrogens is 4. The lowest BCUT2D eigenvalue weighted by Crippen LogP contribution is -2.58. The molecule has 2 amide bonds. The van der Waals surface area contributed by atoms with E-state index in [0.29, 0.717) is 30.9 Å². The van der Waals surface area contributed by atoms with E-state index in [2.05, 4.69) is 42.8 Å². The molecule has 2 fully saturated rings. The first-order valence-electron chi connectivity index (χ1n) is 13.9. The lowest BCUT2D eigenvalue weighted by Gasteiger charge is -2.45. The van der Waals surface area contributed by atoms with Crippen LogP contribution in [0.15, 0.2) is 41.7 Å². The molecule has 2 aromatic heterocycles. The second-order valence-corrected chi connectivity index (χ2v) is 10.8. The highest BCUT2D eigenvalue weighted by Gasteiger charge is 2.35. The first-order valence-corrected chi connectivity index (χ1v) is 13.9. The van der Waals surface area contributed by atoms with Crippen molar-refractivity contribution in [2.45, 2.75) is 65.2 Å². The van der Waals surface area contributed by atoms with E-state index in [1.807, 2.05) is 50.8 Å². The molecular formula is C29H36N8O4. The minimum absolute atomic E-state index is 0.0269. The van der Waals surface area contributed by atoms with Crippen LogP contribution < -0.4 is 20.7 Å². The van der Waals surface area contributed by atoms with Gasteiger partial charge in [-0.25, -0.2) is 9.69 Å². The van der Waals surface area contributed by atoms with Crippen LogP contribution in [0.2, 0.25) is 0 Å². The molecule has 2 aliphatic rings. The van der Waals surface area contributed by atoms with Crippen molar-refractivity contribution >= 4 is 40.5 Å². The zero-order valence-corrected chi connectivity index (χ0v) is 24.0. The molecule has 4 atom stereocenters. The molecule has 216 valence electrons. The van der Waals surface area contributed by atoms with Gasteiger partial charge in [-0.05, 0) is 64.5 Å². The van der Waals surface area contributed by atoms with Crippen LogP contribution in [0.3, 0.4) is 0 Å². The second kappa shape index (κ2) is 11.2. The van der Waals surface area contributed by atoms with E-state index in [9.17, 15) is 14.4 Å². The molecule has 12 heteroatoms. The third-order valence-corrected chi connectivity index (χ3v) is 7.77. The Hall–Kier alpha value is -4.48. The molecule has 12 nitrogen and oxygen atoms in total. The number of hydrogen-bond donors (Lipinski definition) is 2. The molecule has 0 bridgehead atoms. The van der Waals surface area contributed by atoms with Crippen LogP contribution in [0.25, 0.3) is 10.9 Å². The van der Waals surface area contributed by atoms with Gasteiger partial charge in [0, 0.05) is 47.3 Å². The molecule has 0 spiro atoms. The summed E-state index contributed by atoms with van der Waals surface area (Å²) in [7, 11) is 0. The van der Waals surface area contributed by atoms with Gasteiger partial charge in [0.15, 0.2) is 0 Å². The first-order chi connectivity index (χ1) is 19.6. The van der Waals surface area contributed by atoms with Gasteiger partial charge < -0.3 is 24.8 Å². The third kappa shape index (κ3) is 5.46. The SMILES string of the molecule is C=CC(=O)N1[C@H](C)CN(c2ccc3[nH]c(=O)c([C@H](C)Nc4nc(C)nc(N5C(=O)OC[C@@H]5CC)n4)cc3c2)C[C@@H]1C. The van der Waals surface area contributed by atoms with E-state index < -0.39 is 12.1 Å². The van der Waals surface area contributed by atoms with Gasteiger partial charge in [0.2, 0.25) is 17.8 Å². The van der Waals surface area contributed by atoms with Crippen LogP contribution >= 0.6 is 0 Å². The van der Waals surface area contributed by atoms with E-state index in [4.69, 9.17) is 4.74 Å². The summed E-state index contributed by atoms with van der Waals surface area (Å²) >= 11 is 0. The van der Waals surface area contributed by atoms with Gasteiger partial charge in [-0.2, -0.15) is 15.0 Å². The zero-order valence-electron chi connectivity index (χ0n) is 24.0. The number of aromatic amines is 1. The van der Waals surface area contributed by atoms with Crippen LogP contribution in [0.4, 0.5) is 22.4 Å². The van der Waals surface area contributed by atoms with Crippen molar-refractivity contribution in [3.63, 3.8) is 0 Å². The van der Waals surface area contributed by atoms with Crippen LogP contribution in [0.1, 0.15) is 51.5 Å². The van der Waals surface area contributed by atoms with Crippen LogP contribution in [0.5, 0.6) is 0 Å². The molecule has 1 aromatic carbocycles. The number of amides is 2. The highest BCUT2D eigenvalue weighted by Crippen LogP contribution is 2.28. The largest absolute Gasteiger partial charge is 0.447 e. The van der Waals surface area contributed by atoms with Crippen molar-refractivity contribution in [3.8, 4) is 0 Å². The summed E-state index contributed by atoms with van der Waals surface area (Å²) in [4.78, 5) is 59.5. The fraction of sp³-hybridized carbons (Fsp3) is 0.448. The lowest BCUT2D eigenvalue weighted by atomic mass is 10.0. The fourth-order valence-electron chi connectivity index (χ4n) is 5.72. The summed E-state index contributed by atoms with van der Waals surface area (Å²) in [5, 5.41) is 4.09. The molecule has 4 heterocycles. The molecule has 5 rings (SSSR count). The second-order valence-electron chi connectivity index (χ2n) is 10.8. The van der Waals surface area contributed by atoms with Crippen molar-refractivity contribution in [1.29, 1.82) is 0 Å². The molecule has 41 heavy (non-hydrogen) atoms. The van der Waals surface area contributed by atoms with Crippen molar-refractivity contribution < 1.29 is 14.3 Å². The molecule has 0 saturated carbocycles. The predicted octanol–water partition coefficient (Wildman–Crippen LogP) is 3.54. The van der Waals surface area contributed by atoms with Gasteiger partial charge in [-0.1, -0.05) is 13.5 Å². The summed E-state index contributed by atoms with van der Waals surface area (Å²) in [6.07, 6.45) is 1.58. The minimum Gasteiger partial charge on any atom is -0.447 e. The van der Waals surface area contributed by atoms with E-state index >= 15 is 0 Å². The summed E-state index contributed by atoms with van der Waals surface area (Å²) in [5.41, 5.74) is 2.04. The molecule has 0 aliphatic carbocycles. The average molecular weight is 561 g/mol. The van der Waals surface area contributed by atoms with E-state index in [1.54, 1.807) is 6.92 Å². The predicted molar refractivity (Wildman–Crippen MR) is 157 cm³/mol. The number of nitrogens with zero attached hydrogens (tertiary/aromatic N) is 6. The number of nitrogens with one attached hydrogen (secondary N) is 2. The van der Waals surface area contributed by atoms with Crippen molar-refractivity contribution in [1.82, 2.24) is 24.8 Å². The Morgan fingerprint density at radius 3 is 2.61 bits per heavy atom. The number of carbonyl (C=O) groups excluding carboxylic acids is 2. The van der Waals surface area contributed by atoms with Gasteiger partial charge in [0.05, 0.1) is 12.1 Å². The maximum Gasteiger partial charge on any atom is 0.417 e. The number of H-pyrrole nitrogens is 1. The monoisotopic (exact) mass is 560 g/mol. The number of anilines is 3. The topological polar surface area (TPSA) is 137 Å². The number of aryl methyl sites for hydroxylation is 1. The Morgan fingerprint density at radius 2 is 1.93 bits per heavy atom. The Kier molecular flexibility index (Phi) is 7.65. The third-order valence-electron chi connectivity index (χ3n) is 7.77. The quantitative estimate of drug-likeness (QED) is 0.416. The number of benzene rings is 1. The molecule has 0 radical (unpaired) electrons. The maximum atomic E-state index is 13.1. The summed E-state index contributed by atoms with van der Waals surface area (Å²) in [6.45, 7) is 14.9. The Bertz CT molecular complexity index is 1540. The van der Waals surface area contributed by atoms with Crippen molar-refractivity contribution in [2.24, 2.45) is 0 Å². The number of ether oxygens (including phenoxy) is 1. The molecule has 2 saturated heterocycles. The molecule has 0 unspecified atom stereocenters. The molecular weight excluding hydrogens is 524 g/mol. The normalized spacial score (nSPS) is 21.6. The number of fused-ring (bicyclic) bond motifs is 1. The minimum atomic E-state index is -0.485. The number of rotatable bonds is 7. The van der Waals surface area contributed by atoms with Crippen molar-refractivity contribution in [2.75, 3.05) is 34.8 Å². The van der Waals surface area contributed by atoms with Gasteiger partial charge in [0.1, 0.15) is 12.4 Å². The van der Waals surface area contributed by atoms with Crippen LogP contribution in [0, 0.1) is 6.92 Å². The van der Waals surface area contributed by atoms with Crippen molar-refractivity contribution in [3.05, 3.63) is 58.7 Å². The number of hydrogen-bond acceptors (Lipinski definition) is 9. The molecule has 3 aromatic rings. The Morgan fingerprint density at radius 1 is 1.20 bits per heavy atom. The number of pyridine rings is 1. The number of piperazine rings is 1. The van der Waals surface area contributed by atoms with Gasteiger partial charge in [0.25, 0.3) is 5.56 Å². The zero-order chi connectivity index (χ0) is 29.4. The van der Waals surface area contributed by atoms with Gasteiger partial charge in [-0.15, -0.1) is 0 Å². The number of cyclic esters (lactones) is 1. The van der Waals surface area contributed by atoms with Gasteiger partial charge in [-0.3, -0.25) is 9.59 Å².